The van der Waals surface area contributed by atoms with Crippen molar-refractivity contribution in [3.63, 3.8) is 0 Å². The second kappa shape index (κ2) is 5.07. The number of benzene rings is 1. The number of nitrogens with two attached hydrogens (primary N) is 1. The van der Waals surface area contributed by atoms with Crippen LogP contribution < -0.4 is 5.73 Å². The number of carbonyl (C=O) groups is 1. The number of carbonyl (C=O) groups excluding carboxylic acids is 1. The van der Waals surface area contributed by atoms with Gasteiger partial charge in [-0.1, -0.05) is 23.7 Å². The molecule has 0 aromatic heterocycles. The van der Waals surface area contributed by atoms with E-state index in [2.05, 4.69) is 4.90 Å². The Morgan fingerprint density at radius 2 is 2.06 bits per heavy atom. The van der Waals surface area contributed by atoms with Crippen molar-refractivity contribution in [3.05, 3.63) is 34.9 Å². The highest BCUT2D eigenvalue weighted by Crippen LogP contribution is 2.32. The molecule has 1 aliphatic rings. The van der Waals surface area contributed by atoms with Crippen molar-refractivity contribution in [2.24, 2.45) is 11.7 Å². The number of primary amides is 1. The Morgan fingerprint density at radius 3 is 2.65 bits per heavy atom. The van der Waals surface area contributed by atoms with Crippen LogP contribution in [0.3, 0.4) is 0 Å². The molecule has 17 heavy (non-hydrogen) atoms. The zero-order chi connectivity index (χ0) is 12.4. The zero-order valence-electron chi connectivity index (χ0n) is 9.90. The van der Waals surface area contributed by atoms with Crippen molar-refractivity contribution in [1.82, 2.24) is 4.90 Å². The largest absolute Gasteiger partial charge is 0.369 e. The first-order chi connectivity index (χ1) is 8.08. The summed E-state index contributed by atoms with van der Waals surface area (Å²) in [4.78, 5) is 13.7. The number of halogens is 1. The highest BCUT2D eigenvalue weighted by molar-refractivity contribution is 6.30. The number of rotatable bonds is 2. The molecule has 0 spiro atoms. The number of amides is 1. The molecule has 0 aliphatic carbocycles. The van der Waals surface area contributed by atoms with Gasteiger partial charge in [-0.2, -0.15) is 0 Å². The summed E-state index contributed by atoms with van der Waals surface area (Å²) in [5, 5.41) is 0.720. The Morgan fingerprint density at radius 1 is 1.41 bits per heavy atom. The number of likely N-dealkylation sites (tertiary alicyclic amines) is 1. The molecule has 2 unspecified atom stereocenters. The van der Waals surface area contributed by atoms with E-state index >= 15 is 0 Å². The topological polar surface area (TPSA) is 46.3 Å². The van der Waals surface area contributed by atoms with Gasteiger partial charge in [0.05, 0.1) is 5.92 Å². The lowest BCUT2D eigenvalue weighted by Crippen LogP contribution is -2.43. The first kappa shape index (κ1) is 12.4. The van der Waals surface area contributed by atoms with Crippen LogP contribution in [0.4, 0.5) is 0 Å². The maximum atomic E-state index is 11.5. The summed E-state index contributed by atoms with van der Waals surface area (Å²) in [7, 11) is 2.02. The molecule has 2 atom stereocenters. The molecule has 0 radical (unpaired) electrons. The summed E-state index contributed by atoms with van der Waals surface area (Å²) >= 11 is 5.87. The van der Waals surface area contributed by atoms with Gasteiger partial charge in [0.25, 0.3) is 0 Å². The zero-order valence-corrected chi connectivity index (χ0v) is 10.7. The van der Waals surface area contributed by atoms with Gasteiger partial charge in [0, 0.05) is 11.6 Å². The monoisotopic (exact) mass is 252 g/mol. The molecule has 2 rings (SSSR count). The second-order valence-corrected chi connectivity index (χ2v) is 5.15. The molecule has 2 N–H and O–H groups in total. The average Bonchev–Trinajstić information content (AvgIpc) is 2.30. The molecule has 1 aromatic rings. The third-order valence-electron chi connectivity index (χ3n) is 3.48. The molecule has 1 heterocycles. The van der Waals surface area contributed by atoms with E-state index in [0.29, 0.717) is 0 Å². The fourth-order valence-corrected chi connectivity index (χ4v) is 2.64. The van der Waals surface area contributed by atoms with E-state index in [0.717, 1.165) is 30.1 Å². The maximum absolute atomic E-state index is 11.5. The van der Waals surface area contributed by atoms with Gasteiger partial charge in [0.2, 0.25) is 5.91 Å². The van der Waals surface area contributed by atoms with Gasteiger partial charge < -0.3 is 10.6 Å². The predicted molar refractivity (Wildman–Crippen MR) is 69.0 cm³/mol. The van der Waals surface area contributed by atoms with Crippen LogP contribution in [0, 0.1) is 5.92 Å². The fourth-order valence-electron chi connectivity index (χ4n) is 2.51. The normalized spacial score (nSPS) is 25.8. The third-order valence-corrected chi connectivity index (χ3v) is 3.73. The molecule has 0 saturated carbocycles. The van der Waals surface area contributed by atoms with E-state index in [1.54, 1.807) is 0 Å². The molecule has 3 nitrogen and oxygen atoms in total. The van der Waals surface area contributed by atoms with Gasteiger partial charge in [-0.3, -0.25) is 4.79 Å². The first-order valence-electron chi connectivity index (χ1n) is 5.81. The van der Waals surface area contributed by atoms with Crippen LogP contribution in [0.2, 0.25) is 5.02 Å². The van der Waals surface area contributed by atoms with Crippen LogP contribution in [0.1, 0.15) is 17.9 Å². The molecule has 92 valence electrons. The molecule has 0 bridgehead atoms. The predicted octanol–water partition coefficient (Wildman–Crippen LogP) is 1.86. The smallest absolute Gasteiger partial charge is 0.222 e. The summed E-state index contributed by atoms with van der Waals surface area (Å²) in [5.74, 6) is -0.0904. The number of hydrogen-bond donors (Lipinski definition) is 1. The Bertz CT molecular complexity index is 404. The number of nitrogens with zero attached hydrogens (tertiary/aromatic N) is 1. The molecular formula is C13H17ClN2O. The van der Waals surface area contributed by atoms with Crippen molar-refractivity contribution < 1.29 is 4.79 Å². The summed E-state index contributed by atoms with van der Waals surface area (Å²) < 4.78 is 0. The van der Waals surface area contributed by atoms with E-state index < -0.39 is 0 Å². The van der Waals surface area contributed by atoms with Crippen LogP contribution in [0.25, 0.3) is 0 Å². The van der Waals surface area contributed by atoms with Gasteiger partial charge in [0.15, 0.2) is 0 Å². The Balaban J connectivity index is 2.23. The minimum absolute atomic E-state index is 0.102. The standard InChI is InChI=1S/C13H17ClN2O/c1-16-7-6-11(12(8-16)13(15)17)9-2-4-10(14)5-3-9/h2-5,11-12H,6-8H2,1H3,(H2,15,17). The van der Waals surface area contributed by atoms with E-state index in [1.165, 1.54) is 0 Å². The van der Waals surface area contributed by atoms with Crippen LogP contribution in [-0.2, 0) is 4.79 Å². The highest BCUT2D eigenvalue weighted by Gasteiger charge is 2.32. The van der Waals surface area contributed by atoms with Crippen molar-refractivity contribution in [1.29, 1.82) is 0 Å². The molecule has 1 aliphatic heterocycles. The Hall–Kier alpha value is -1.06. The lowest BCUT2D eigenvalue weighted by atomic mass is 9.80. The van der Waals surface area contributed by atoms with Gasteiger partial charge in [0.1, 0.15) is 0 Å². The lowest BCUT2D eigenvalue weighted by Gasteiger charge is -2.35. The van der Waals surface area contributed by atoms with Gasteiger partial charge in [-0.25, -0.2) is 0 Å². The summed E-state index contributed by atoms with van der Waals surface area (Å²) in [6.07, 6.45) is 0.964. The van der Waals surface area contributed by atoms with Crippen LogP contribution >= 0.6 is 11.6 Å². The average molecular weight is 253 g/mol. The molecule has 1 saturated heterocycles. The van der Waals surface area contributed by atoms with Crippen LogP contribution in [-0.4, -0.2) is 30.9 Å². The molecular weight excluding hydrogens is 236 g/mol. The SMILES string of the molecule is CN1CCC(c2ccc(Cl)cc2)C(C(N)=O)C1. The van der Waals surface area contributed by atoms with Crippen molar-refractivity contribution in [3.8, 4) is 0 Å². The maximum Gasteiger partial charge on any atom is 0.222 e. The summed E-state index contributed by atoms with van der Waals surface area (Å²) in [5.41, 5.74) is 6.65. The molecule has 1 amide bonds. The summed E-state index contributed by atoms with van der Waals surface area (Å²) in [6.45, 7) is 1.74. The second-order valence-electron chi connectivity index (χ2n) is 4.72. The van der Waals surface area contributed by atoms with E-state index in [9.17, 15) is 4.79 Å². The number of piperidine rings is 1. The van der Waals surface area contributed by atoms with Crippen LogP contribution in [0.5, 0.6) is 0 Å². The van der Waals surface area contributed by atoms with E-state index in [1.807, 2.05) is 31.3 Å². The minimum atomic E-state index is -0.212. The van der Waals surface area contributed by atoms with Crippen molar-refractivity contribution in [2.45, 2.75) is 12.3 Å². The van der Waals surface area contributed by atoms with Crippen molar-refractivity contribution >= 4 is 17.5 Å². The van der Waals surface area contributed by atoms with Gasteiger partial charge in [-0.15, -0.1) is 0 Å². The lowest BCUT2D eigenvalue weighted by molar-refractivity contribution is -0.124. The number of hydrogen-bond acceptors (Lipinski definition) is 2. The van der Waals surface area contributed by atoms with Gasteiger partial charge in [-0.05, 0) is 43.6 Å². The van der Waals surface area contributed by atoms with Crippen molar-refractivity contribution in [2.75, 3.05) is 20.1 Å². The third kappa shape index (κ3) is 2.79. The van der Waals surface area contributed by atoms with E-state index in [-0.39, 0.29) is 17.7 Å². The Kier molecular flexibility index (Phi) is 3.69. The summed E-state index contributed by atoms with van der Waals surface area (Å²) in [6, 6.07) is 7.73. The quantitative estimate of drug-likeness (QED) is 0.873. The van der Waals surface area contributed by atoms with Crippen LogP contribution in [0.15, 0.2) is 24.3 Å². The van der Waals surface area contributed by atoms with E-state index in [4.69, 9.17) is 17.3 Å². The minimum Gasteiger partial charge on any atom is -0.369 e. The highest BCUT2D eigenvalue weighted by atomic mass is 35.5. The Labute approximate surface area is 107 Å². The molecule has 1 aromatic carbocycles. The van der Waals surface area contributed by atoms with Gasteiger partial charge >= 0.3 is 0 Å². The first-order valence-corrected chi connectivity index (χ1v) is 6.19. The fraction of sp³-hybridized carbons (Fsp3) is 0.462. The molecule has 1 fully saturated rings. The molecule has 4 heteroatoms.